The summed E-state index contributed by atoms with van der Waals surface area (Å²) >= 11 is 0. The third-order valence-corrected chi connectivity index (χ3v) is 10.2. The predicted octanol–water partition coefficient (Wildman–Crippen LogP) is 2.44. The maximum atomic E-state index is 14.2. The minimum atomic E-state index is -1.64. The zero-order valence-corrected chi connectivity index (χ0v) is 25.8. The predicted molar refractivity (Wildman–Crippen MR) is 154 cm³/mol. The lowest BCUT2D eigenvalue weighted by Crippen LogP contribution is -2.61. The van der Waals surface area contributed by atoms with E-state index in [9.17, 15) is 29.9 Å². The van der Waals surface area contributed by atoms with Crippen molar-refractivity contribution in [1.82, 2.24) is 0 Å². The van der Waals surface area contributed by atoms with Crippen LogP contribution >= 0.6 is 0 Å². The Hall–Kier alpha value is -1.21. The molecule has 2 fully saturated rings. The van der Waals surface area contributed by atoms with Gasteiger partial charge in [-0.15, -0.1) is 6.58 Å². The molecule has 1 heterocycles. The van der Waals surface area contributed by atoms with E-state index in [0.717, 1.165) is 18.4 Å². The molecular formula is C32H51FO9. The number of ether oxygens (including phenoxy) is 4. The van der Waals surface area contributed by atoms with Crippen LogP contribution in [0.2, 0.25) is 0 Å². The molecule has 5 N–H and O–H groups in total. The van der Waals surface area contributed by atoms with Crippen LogP contribution in [-0.4, -0.2) is 107 Å². The van der Waals surface area contributed by atoms with Crippen LogP contribution in [0.3, 0.4) is 0 Å². The van der Waals surface area contributed by atoms with E-state index in [1.54, 1.807) is 34.0 Å². The second kappa shape index (κ2) is 13.0. The van der Waals surface area contributed by atoms with Gasteiger partial charge in [-0.05, 0) is 57.4 Å². The number of hydrogen-bond acceptors (Lipinski definition) is 9. The molecule has 9 nitrogen and oxygen atoms in total. The van der Waals surface area contributed by atoms with E-state index in [1.807, 2.05) is 13.8 Å². The topological polar surface area (TPSA) is 138 Å². The minimum absolute atomic E-state index is 0.00590. The molecule has 0 aromatic carbocycles. The Bertz CT molecular complexity index is 1030. The Kier molecular flexibility index (Phi) is 10.4. The first kappa shape index (κ1) is 33.7. The van der Waals surface area contributed by atoms with E-state index < -0.39 is 72.6 Å². The first-order valence-electron chi connectivity index (χ1n) is 15.2. The highest BCUT2D eigenvalue weighted by Gasteiger charge is 2.55. The summed E-state index contributed by atoms with van der Waals surface area (Å²) in [5.74, 6) is -0.681. The van der Waals surface area contributed by atoms with Crippen molar-refractivity contribution in [3.63, 3.8) is 0 Å². The molecule has 0 aromatic heterocycles. The minimum Gasteiger partial charge on any atom is -0.392 e. The van der Waals surface area contributed by atoms with E-state index in [2.05, 4.69) is 12.7 Å². The Morgan fingerprint density at radius 2 is 1.81 bits per heavy atom. The monoisotopic (exact) mass is 598 g/mol. The molecule has 0 spiro atoms. The van der Waals surface area contributed by atoms with Crippen LogP contribution in [0.4, 0.5) is 4.39 Å². The average molecular weight is 599 g/mol. The summed E-state index contributed by atoms with van der Waals surface area (Å²) < 4.78 is 38.0. The van der Waals surface area contributed by atoms with Crippen LogP contribution in [0.15, 0.2) is 35.5 Å². The SMILES string of the molecule is C=CC(C)(C)OC[C@H]1O[C@H](O[C@@H]2C3=C([C@H](C)CF)C[C@H](O)[C@]3(C)/C=C3/[C@@H](COC)CC[C@H]3[C@@H](C)[C@H]2O)[C@H](O)[C@@H](O)[C@@H]1O. The number of methoxy groups -OCH3 is 1. The highest BCUT2D eigenvalue weighted by Crippen LogP contribution is 2.55. The smallest absolute Gasteiger partial charge is 0.187 e. The number of fused-ring (bicyclic) bond motifs is 2. The van der Waals surface area contributed by atoms with Gasteiger partial charge < -0.3 is 44.5 Å². The van der Waals surface area contributed by atoms with E-state index in [0.29, 0.717) is 17.8 Å². The van der Waals surface area contributed by atoms with Crippen LogP contribution in [0.5, 0.6) is 0 Å². The third kappa shape index (κ3) is 6.17. The van der Waals surface area contributed by atoms with Gasteiger partial charge >= 0.3 is 0 Å². The Morgan fingerprint density at radius 1 is 1.12 bits per heavy atom. The Labute approximate surface area is 249 Å². The van der Waals surface area contributed by atoms with Gasteiger partial charge in [0.25, 0.3) is 0 Å². The normalized spacial score (nSPS) is 44.6. The second-order valence-corrected chi connectivity index (χ2v) is 13.5. The summed E-state index contributed by atoms with van der Waals surface area (Å²) in [6.45, 7) is 12.6. The molecule has 3 aliphatic carbocycles. The van der Waals surface area contributed by atoms with Gasteiger partial charge in [0.15, 0.2) is 6.29 Å². The second-order valence-electron chi connectivity index (χ2n) is 13.5. The van der Waals surface area contributed by atoms with Gasteiger partial charge in [-0.25, -0.2) is 0 Å². The molecule has 0 aromatic rings. The van der Waals surface area contributed by atoms with E-state index in [4.69, 9.17) is 18.9 Å². The maximum absolute atomic E-state index is 14.2. The number of alkyl halides is 1. The number of rotatable bonds is 10. The number of aliphatic hydroxyl groups excluding tert-OH is 5. The van der Waals surface area contributed by atoms with Gasteiger partial charge in [0.05, 0.1) is 37.7 Å². The quantitative estimate of drug-likeness (QED) is 0.240. The Morgan fingerprint density at radius 3 is 2.43 bits per heavy atom. The zero-order valence-electron chi connectivity index (χ0n) is 25.8. The summed E-state index contributed by atoms with van der Waals surface area (Å²) in [6, 6.07) is 0. The summed E-state index contributed by atoms with van der Waals surface area (Å²) in [6.07, 6.45) is -4.65. The van der Waals surface area contributed by atoms with Gasteiger partial charge in [0, 0.05) is 24.4 Å². The standard InChI is InChI=1S/C32H51FO9/c1-8-31(4,5)40-15-22-26(36)27(37)28(38)30(41-22)42-29-24-20(16(2)13-33)11-23(34)32(24,6)12-21-18(14-39-7)9-10-19(21)17(3)25(29)35/h8,12,16-19,22-23,25-30,34-38H,1,9-11,13-15H2,2-7H3/b21-12-/t16-,17-,18-,19+,22-,23+,25-,26-,27+,28-,29-,30-,32+/m1/s1. The number of halogens is 1. The van der Waals surface area contributed by atoms with E-state index in [1.165, 1.54) is 0 Å². The van der Waals surface area contributed by atoms with E-state index >= 15 is 0 Å². The molecule has 1 saturated carbocycles. The number of aliphatic hydroxyl groups is 5. The van der Waals surface area contributed by atoms with Crippen molar-refractivity contribution in [3.8, 4) is 0 Å². The van der Waals surface area contributed by atoms with Crippen molar-refractivity contribution in [1.29, 1.82) is 0 Å². The summed E-state index contributed by atoms with van der Waals surface area (Å²) in [5.41, 5.74) is 0.651. The fourth-order valence-corrected chi connectivity index (χ4v) is 7.31. The molecule has 10 heteroatoms. The van der Waals surface area contributed by atoms with Gasteiger partial charge in [-0.2, -0.15) is 0 Å². The highest BCUT2D eigenvalue weighted by atomic mass is 19.1. The lowest BCUT2D eigenvalue weighted by molar-refractivity contribution is -0.319. The summed E-state index contributed by atoms with van der Waals surface area (Å²) in [5, 5.41) is 55.9. The van der Waals surface area contributed by atoms with Crippen molar-refractivity contribution in [2.45, 2.75) is 108 Å². The van der Waals surface area contributed by atoms with Crippen molar-refractivity contribution in [3.05, 3.63) is 35.5 Å². The van der Waals surface area contributed by atoms with Gasteiger partial charge in [0.2, 0.25) is 0 Å². The highest BCUT2D eigenvalue weighted by molar-refractivity contribution is 5.43. The molecule has 1 saturated heterocycles. The van der Waals surface area contributed by atoms with E-state index in [-0.39, 0.29) is 30.8 Å². The molecule has 4 rings (SSSR count). The average Bonchev–Trinajstić information content (AvgIpc) is 3.46. The zero-order chi connectivity index (χ0) is 31.1. The van der Waals surface area contributed by atoms with Crippen molar-refractivity contribution in [2.24, 2.45) is 29.1 Å². The molecule has 240 valence electrons. The number of hydrogen-bond donors (Lipinski definition) is 5. The molecule has 1 aliphatic heterocycles. The first-order valence-corrected chi connectivity index (χ1v) is 15.2. The first-order chi connectivity index (χ1) is 19.7. The van der Waals surface area contributed by atoms with Crippen molar-refractivity contribution < 1.29 is 48.9 Å². The van der Waals surface area contributed by atoms with Gasteiger partial charge in [-0.1, -0.05) is 37.1 Å². The Balaban J connectivity index is 1.76. The molecular weight excluding hydrogens is 547 g/mol. The van der Waals surface area contributed by atoms with Crippen molar-refractivity contribution >= 4 is 0 Å². The fourth-order valence-electron chi connectivity index (χ4n) is 7.31. The third-order valence-electron chi connectivity index (χ3n) is 10.2. The van der Waals surface area contributed by atoms with Crippen molar-refractivity contribution in [2.75, 3.05) is 27.0 Å². The molecule has 42 heavy (non-hydrogen) atoms. The van der Waals surface area contributed by atoms with Gasteiger partial charge in [0.1, 0.15) is 30.5 Å². The molecule has 0 radical (unpaired) electrons. The van der Waals surface area contributed by atoms with Crippen LogP contribution < -0.4 is 0 Å². The summed E-state index contributed by atoms with van der Waals surface area (Å²) in [7, 11) is 1.66. The molecule has 0 unspecified atom stereocenters. The van der Waals surface area contributed by atoms with Crippen LogP contribution in [0.25, 0.3) is 0 Å². The van der Waals surface area contributed by atoms with Crippen LogP contribution in [0, 0.1) is 29.1 Å². The summed E-state index contributed by atoms with van der Waals surface area (Å²) in [4.78, 5) is 0. The molecule has 13 atom stereocenters. The molecule has 0 bridgehead atoms. The van der Waals surface area contributed by atoms with Crippen LogP contribution in [-0.2, 0) is 18.9 Å². The fraction of sp³-hybridized carbons (Fsp3) is 0.812. The van der Waals surface area contributed by atoms with Gasteiger partial charge in [-0.3, -0.25) is 4.39 Å². The maximum Gasteiger partial charge on any atom is 0.187 e. The lowest BCUT2D eigenvalue weighted by Gasteiger charge is -2.46. The van der Waals surface area contributed by atoms with Crippen LogP contribution in [0.1, 0.15) is 53.9 Å². The lowest BCUT2D eigenvalue weighted by atomic mass is 9.68. The largest absolute Gasteiger partial charge is 0.392 e. The molecule has 0 amide bonds. The molecule has 4 aliphatic rings.